The van der Waals surface area contributed by atoms with Crippen molar-refractivity contribution in [3.8, 4) is 0 Å². The minimum Gasteiger partial charge on any atom is -0.350 e. The van der Waals surface area contributed by atoms with Crippen molar-refractivity contribution >= 4 is 15.9 Å². The van der Waals surface area contributed by atoms with E-state index in [9.17, 15) is 0 Å². The predicted molar refractivity (Wildman–Crippen MR) is 65.3 cm³/mol. The second-order valence-corrected chi connectivity index (χ2v) is 5.81. The average Bonchev–Trinajstić information content (AvgIpc) is 2.49. The third kappa shape index (κ3) is 2.30. The van der Waals surface area contributed by atoms with Crippen molar-refractivity contribution in [2.45, 2.75) is 56.8 Å². The summed E-state index contributed by atoms with van der Waals surface area (Å²) in [5, 5.41) is 0.798. The highest BCUT2D eigenvalue weighted by Crippen LogP contribution is 2.44. The van der Waals surface area contributed by atoms with Crippen LogP contribution < -0.4 is 0 Å². The van der Waals surface area contributed by atoms with Crippen LogP contribution >= 0.6 is 15.9 Å². The number of rotatable bonds is 2. The largest absolute Gasteiger partial charge is 0.350 e. The molecule has 0 aromatic rings. The lowest BCUT2D eigenvalue weighted by Crippen LogP contribution is -2.44. The SMILES string of the molecule is CO[C@]12CCCC[C@H]1CCC(C)(CBr)OO2. The van der Waals surface area contributed by atoms with E-state index in [-0.39, 0.29) is 5.60 Å². The molecular weight excluding hydrogens is 272 g/mol. The zero-order valence-corrected chi connectivity index (χ0v) is 11.7. The fourth-order valence-corrected chi connectivity index (χ4v) is 3.12. The summed E-state index contributed by atoms with van der Waals surface area (Å²) in [7, 11) is 1.73. The number of ether oxygens (including phenoxy) is 1. The van der Waals surface area contributed by atoms with Gasteiger partial charge in [-0.3, -0.25) is 0 Å². The maximum absolute atomic E-state index is 5.70. The van der Waals surface area contributed by atoms with Crippen LogP contribution in [0.25, 0.3) is 0 Å². The second-order valence-electron chi connectivity index (χ2n) is 5.25. The van der Waals surface area contributed by atoms with Crippen LogP contribution in [0.3, 0.4) is 0 Å². The van der Waals surface area contributed by atoms with Gasteiger partial charge in [-0.25, -0.2) is 9.78 Å². The molecule has 1 saturated carbocycles. The lowest BCUT2D eigenvalue weighted by molar-refractivity contribution is -0.464. The topological polar surface area (TPSA) is 27.7 Å². The Balaban J connectivity index is 2.14. The molecule has 16 heavy (non-hydrogen) atoms. The van der Waals surface area contributed by atoms with Gasteiger partial charge in [-0.2, -0.15) is 0 Å². The molecule has 4 heteroatoms. The van der Waals surface area contributed by atoms with Gasteiger partial charge in [-0.05, 0) is 32.6 Å². The van der Waals surface area contributed by atoms with Gasteiger partial charge in [0.2, 0.25) is 5.79 Å². The maximum Gasteiger partial charge on any atom is 0.204 e. The number of hydrogen-bond donors (Lipinski definition) is 0. The Morgan fingerprint density at radius 2 is 2.06 bits per heavy atom. The van der Waals surface area contributed by atoms with Crippen molar-refractivity contribution < 1.29 is 14.5 Å². The molecule has 1 heterocycles. The molecule has 1 unspecified atom stereocenters. The second kappa shape index (κ2) is 4.92. The van der Waals surface area contributed by atoms with Gasteiger partial charge < -0.3 is 4.74 Å². The van der Waals surface area contributed by atoms with Crippen LogP contribution in [0.5, 0.6) is 0 Å². The summed E-state index contributed by atoms with van der Waals surface area (Å²) in [6.45, 7) is 2.09. The summed E-state index contributed by atoms with van der Waals surface area (Å²) >= 11 is 3.49. The highest BCUT2D eigenvalue weighted by Gasteiger charge is 2.48. The van der Waals surface area contributed by atoms with Gasteiger partial charge in [0.1, 0.15) is 5.60 Å². The van der Waals surface area contributed by atoms with Crippen LogP contribution in [0.4, 0.5) is 0 Å². The van der Waals surface area contributed by atoms with Crippen molar-refractivity contribution in [1.82, 2.24) is 0 Å². The third-order valence-corrected chi connectivity index (χ3v) is 5.17. The quantitative estimate of drug-likeness (QED) is 0.577. The first kappa shape index (κ1) is 12.8. The summed E-state index contributed by atoms with van der Waals surface area (Å²) in [5.41, 5.74) is -0.219. The molecule has 0 bridgehead atoms. The number of hydrogen-bond acceptors (Lipinski definition) is 3. The molecule has 0 aromatic heterocycles. The Bertz CT molecular complexity index is 248. The molecule has 0 N–H and O–H groups in total. The molecular formula is C12H21BrO3. The van der Waals surface area contributed by atoms with E-state index < -0.39 is 5.79 Å². The van der Waals surface area contributed by atoms with E-state index >= 15 is 0 Å². The summed E-state index contributed by atoms with van der Waals surface area (Å²) in [6.07, 6.45) is 6.73. The minimum absolute atomic E-state index is 0.219. The van der Waals surface area contributed by atoms with E-state index in [4.69, 9.17) is 14.5 Å². The first-order valence-electron chi connectivity index (χ1n) is 6.12. The Morgan fingerprint density at radius 3 is 2.75 bits per heavy atom. The molecule has 3 atom stereocenters. The Labute approximate surface area is 106 Å². The van der Waals surface area contributed by atoms with Gasteiger partial charge in [0.05, 0.1) is 0 Å². The van der Waals surface area contributed by atoms with Crippen molar-refractivity contribution in [2.24, 2.45) is 5.92 Å². The van der Waals surface area contributed by atoms with Gasteiger partial charge in [-0.1, -0.05) is 22.4 Å². The third-order valence-electron chi connectivity index (χ3n) is 3.98. The Morgan fingerprint density at radius 1 is 1.25 bits per heavy atom. The lowest BCUT2D eigenvalue weighted by Gasteiger charge is -2.39. The number of methoxy groups -OCH3 is 1. The summed E-state index contributed by atoms with van der Waals surface area (Å²) in [6, 6.07) is 0. The zero-order chi connectivity index (χ0) is 11.6. The van der Waals surface area contributed by atoms with E-state index in [1.54, 1.807) is 7.11 Å². The Kier molecular flexibility index (Phi) is 3.94. The van der Waals surface area contributed by atoms with Crippen LogP contribution in [-0.4, -0.2) is 23.8 Å². The number of halogens is 1. The number of alkyl halides is 1. The van der Waals surface area contributed by atoms with E-state index in [1.165, 1.54) is 19.3 Å². The maximum atomic E-state index is 5.70. The lowest BCUT2D eigenvalue weighted by atomic mass is 9.79. The van der Waals surface area contributed by atoms with Crippen molar-refractivity contribution in [1.29, 1.82) is 0 Å². The van der Waals surface area contributed by atoms with Gasteiger partial charge in [0.15, 0.2) is 0 Å². The molecule has 2 aliphatic rings. The van der Waals surface area contributed by atoms with Crippen LogP contribution in [0.2, 0.25) is 0 Å². The predicted octanol–water partition coefficient (Wildman–Crippen LogP) is 3.41. The Hall–Kier alpha value is 0.360. The molecule has 2 fully saturated rings. The molecule has 1 aliphatic heterocycles. The van der Waals surface area contributed by atoms with Crippen LogP contribution in [0, 0.1) is 5.92 Å². The normalized spacial score (nSPS) is 44.8. The fourth-order valence-electron chi connectivity index (χ4n) is 2.74. The van der Waals surface area contributed by atoms with E-state index in [1.807, 2.05) is 0 Å². The van der Waals surface area contributed by atoms with Crippen molar-refractivity contribution in [3.05, 3.63) is 0 Å². The molecule has 94 valence electrons. The van der Waals surface area contributed by atoms with Gasteiger partial charge >= 0.3 is 0 Å². The van der Waals surface area contributed by atoms with E-state index in [0.717, 1.165) is 24.6 Å². The molecule has 0 spiro atoms. The van der Waals surface area contributed by atoms with E-state index in [0.29, 0.717) is 5.92 Å². The monoisotopic (exact) mass is 292 g/mol. The smallest absolute Gasteiger partial charge is 0.204 e. The zero-order valence-electron chi connectivity index (χ0n) is 10.1. The summed E-state index contributed by atoms with van der Waals surface area (Å²) < 4.78 is 5.64. The van der Waals surface area contributed by atoms with Gasteiger partial charge in [0.25, 0.3) is 0 Å². The van der Waals surface area contributed by atoms with E-state index in [2.05, 4.69) is 22.9 Å². The van der Waals surface area contributed by atoms with Crippen LogP contribution in [0.15, 0.2) is 0 Å². The standard InChI is InChI=1S/C12H21BrO3/c1-11(9-13)8-6-10-5-3-4-7-12(10,14-2)16-15-11/h10H,3-9H2,1-2H3/t10-,11?,12-/m0/s1. The molecule has 0 aromatic carbocycles. The fraction of sp³-hybridized carbons (Fsp3) is 1.00. The van der Waals surface area contributed by atoms with Gasteiger partial charge in [-0.15, -0.1) is 0 Å². The average molecular weight is 293 g/mol. The molecule has 0 amide bonds. The van der Waals surface area contributed by atoms with Crippen LogP contribution in [0.1, 0.15) is 45.4 Å². The first-order chi connectivity index (χ1) is 7.64. The first-order valence-corrected chi connectivity index (χ1v) is 7.24. The van der Waals surface area contributed by atoms with Gasteiger partial charge in [0, 0.05) is 24.8 Å². The van der Waals surface area contributed by atoms with Crippen molar-refractivity contribution in [2.75, 3.05) is 12.4 Å². The number of fused-ring (bicyclic) bond motifs is 1. The molecule has 2 rings (SSSR count). The molecule has 3 nitrogen and oxygen atoms in total. The summed E-state index contributed by atoms with van der Waals surface area (Å²) in [5.74, 6) is -0.00910. The molecule has 1 aliphatic carbocycles. The highest BCUT2D eigenvalue weighted by molar-refractivity contribution is 9.09. The molecule has 1 saturated heterocycles. The van der Waals surface area contributed by atoms with Crippen molar-refractivity contribution in [3.63, 3.8) is 0 Å². The minimum atomic E-state index is -0.488. The van der Waals surface area contributed by atoms with Crippen LogP contribution in [-0.2, 0) is 14.5 Å². The summed E-state index contributed by atoms with van der Waals surface area (Å²) in [4.78, 5) is 11.3. The molecule has 0 radical (unpaired) electrons. The highest BCUT2D eigenvalue weighted by atomic mass is 79.9.